The monoisotopic (exact) mass is 271 g/mol. The SMILES string of the molecule is CC(C)CC(N)C(=O)Nc1cccc(-n2cccc2)c1. The number of aromatic nitrogens is 1. The van der Waals surface area contributed by atoms with Crippen LogP contribution in [-0.4, -0.2) is 16.5 Å². The standard InChI is InChI=1S/C16H21N3O/c1-12(2)10-15(17)16(20)18-13-6-5-7-14(11-13)19-8-3-4-9-19/h3-9,11-12,15H,10,17H2,1-2H3,(H,18,20). The molecule has 3 N–H and O–H groups in total. The summed E-state index contributed by atoms with van der Waals surface area (Å²) in [5.41, 5.74) is 7.65. The Balaban J connectivity index is 2.07. The highest BCUT2D eigenvalue weighted by molar-refractivity contribution is 5.94. The Morgan fingerprint density at radius 2 is 1.95 bits per heavy atom. The summed E-state index contributed by atoms with van der Waals surface area (Å²) >= 11 is 0. The van der Waals surface area contributed by atoms with E-state index in [1.165, 1.54) is 0 Å². The van der Waals surface area contributed by atoms with E-state index in [2.05, 4.69) is 19.2 Å². The molecule has 1 unspecified atom stereocenters. The third kappa shape index (κ3) is 3.71. The highest BCUT2D eigenvalue weighted by Crippen LogP contribution is 2.15. The molecule has 0 aliphatic carbocycles. The summed E-state index contributed by atoms with van der Waals surface area (Å²) in [4.78, 5) is 12.0. The molecule has 106 valence electrons. The molecule has 2 aromatic rings. The van der Waals surface area contributed by atoms with E-state index in [9.17, 15) is 4.79 Å². The van der Waals surface area contributed by atoms with E-state index in [0.717, 1.165) is 11.4 Å². The van der Waals surface area contributed by atoms with Gasteiger partial charge in [0.2, 0.25) is 5.91 Å². The average molecular weight is 271 g/mol. The Kier molecular flexibility index (Phi) is 4.58. The molecule has 1 aromatic heterocycles. The molecular formula is C16H21N3O. The average Bonchev–Trinajstić information content (AvgIpc) is 2.92. The lowest BCUT2D eigenvalue weighted by Gasteiger charge is -2.14. The van der Waals surface area contributed by atoms with Crippen LogP contribution < -0.4 is 11.1 Å². The van der Waals surface area contributed by atoms with Crippen molar-refractivity contribution < 1.29 is 4.79 Å². The van der Waals surface area contributed by atoms with Gasteiger partial charge in [0, 0.05) is 23.8 Å². The highest BCUT2D eigenvalue weighted by atomic mass is 16.2. The van der Waals surface area contributed by atoms with Gasteiger partial charge in [-0.3, -0.25) is 4.79 Å². The number of carbonyl (C=O) groups is 1. The van der Waals surface area contributed by atoms with E-state index in [-0.39, 0.29) is 5.91 Å². The predicted octanol–water partition coefficient (Wildman–Crippen LogP) is 2.79. The lowest BCUT2D eigenvalue weighted by Crippen LogP contribution is -2.36. The Labute approximate surface area is 119 Å². The van der Waals surface area contributed by atoms with Gasteiger partial charge >= 0.3 is 0 Å². The minimum absolute atomic E-state index is 0.136. The van der Waals surface area contributed by atoms with E-state index >= 15 is 0 Å². The van der Waals surface area contributed by atoms with Gasteiger partial charge < -0.3 is 15.6 Å². The van der Waals surface area contributed by atoms with Crippen LogP contribution in [0.15, 0.2) is 48.8 Å². The molecule has 0 saturated carbocycles. The number of benzene rings is 1. The Bertz CT molecular complexity index is 561. The fourth-order valence-corrected chi connectivity index (χ4v) is 2.10. The van der Waals surface area contributed by atoms with Crippen LogP contribution in [0.2, 0.25) is 0 Å². The second-order valence-corrected chi connectivity index (χ2v) is 5.37. The molecule has 0 bridgehead atoms. The summed E-state index contributed by atoms with van der Waals surface area (Å²) in [6, 6.07) is 11.2. The van der Waals surface area contributed by atoms with Gasteiger partial charge in [-0.25, -0.2) is 0 Å². The van der Waals surface area contributed by atoms with Crippen LogP contribution in [0.4, 0.5) is 5.69 Å². The zero-order chi connectivity index (χ0) is 14.5. The zero-order valence-corrected chi connectivity index (χ0v) is 11.9. The summed E-state index contributed by atoms with van der Waals surface area (Å²) in [5, 5.41) is 2.87. The summed E-state index contributed by atoms with van der Waals surface area (Å²) in [5.74, 6) is 0.269. The molecule has 0 aliphatic rings. The van der Waals surface area contributed by atoms with Gasteiger partial charge in [-0.15, -0.1) is 0 Å². The first kappa shape index (κ1) is 14.3. The Morgan fingerprint density at radius 1 is 1.25 bits per heavy atom. The summed E-state index contributed by atoms with van der Waals surface area (Å²) < 4.78 is 1.99. The van der Waals surface area contributed by atoms with Crippen molar-refractivity contribution in [1.82, 2.24) is 4.57 Å². The molecule has 0 spiro atoms. The second kappa shape index (κ2) is 6.39. The van der Waals surface area contributed by atoms with Gasteiger partial charge in [0.15, 0.2) is 0 Å². The second-order valence-electron chi connectivity index (χ2n) is 5.37. The summed E-state index contributed by atoms with van der Waals surface area (Å²) in [6.07, 6.45) is 4.61. The molecular weight excluding hydrogens is 250 g/mol. The van der Waals surface area contributed by atoms with Crippen LogP contribution in [0.25, 0.3) is 5.69 Å². The fraction of sp³-hybridized carbons (Fsp3) is 0.312. The molecule has 4 nitrogen and oxygen atoms in total. The first-order chi connectivity index (χ1) is 9.56. The molecule has 1 amide bonds. The van der Waals surface area contributed by atoms with Crippen LogP contribution >= 0.6 is 0 Å². The lowest BCUT2D eigenvalue weighted by atomic mass is 10.0. The van der Waals surface area contributed by atoms with Crippen molar-refractivity contribution in [3.63, 3.8) is 0 Å². The van der Waals surface area contributed by atoms with E-state index in [1.807, 2.05) is 53.4 Å². The van der Waals surface area contributed by atoms with Gasteiger partial charge in [0.1, 0.15) is 0 Å². The van der Waals surface area contributed by atoms with E-state index in [0.29, 0.717) is 12.3 Å². The molecule has 4 heteroatoms. The molecule has 0 saturated heterocycles. The number of nitrogens with two attached hydrogens (primary N) is 1. The van der Waals surface area contributed by atoms with Gasteiger partial charge in [-0.1, -0.05) is 19.9 Å². The van der Waals surface area contributed by atoms with Crippen molar-refractivity contribution in [1.29, 1.82) is 0 Å². The Morgan fingerprint density at radius 3 is 2.60 bits per heavy atom. The number of hydrogen-bond donors (Lipinski definition) is 2. The maximum absolute atomic E-state index is 12.0. The number of anilines is 1. The van der Waals surface area contributed by atoms with Crippen LogP contribution in [0, 0.1) is 5.92 Å². The molecule has 1 aromatic carbocycles. The van der Waals surface area contributed by atoms with Crippen LogP contribution in [0.3, 0.4) is 0 Å². The molecule has 1 atom stereocenters. The lowest BCUT2D eigenvalue weighted by molar-refractivity contribution is -0.117. The number of hydrogen-bond acceptors (Lipinski definition) is 2. The normalized spacial score (nSPS) is 12.4. The number of rotatable bonds is 5. The first-order valence-corrected chi connectivity index (χ1v) is 6.86. The summed E-state index contributed by atoms with van der Waals surface area (Å²) in [7, 11) is 0. The topological polar surface area (TPSA) is 60.1 Å². The third-order valence-corrected chi connectivity index (χ3v) is 3.08. The van der Waals surface area contributed by atoms with Gasteiger partial charge in [-0.05, 0) is 42.7 Å². The number of amides is 1. The van der Waals surface area contributed by atoms with Gasteiger partial charge in [0.25, 0.3) is 0 Å². The number of carbonyl (C=O) groups excluding carboxylic acids is 1. The van der Waals surface area contributed by atoms with Crippen molar-refractivity contribution in [2.75, 3.05) is 5.32 Å². The van der Waals surface area contributed by atoms with Gasteiger partial charge in [0.05, 0.1) is 6.04 Å². The van der Waals surface area contributed by atoms with Crippen molar-refractivity contribution in [2.24, 2.45) is 11.7 Å². The van der Waals surface area contributed by atoms with E-state index < -0.39 is 6.04 Å². The smallest absolute Gasteiger partial charge is 0.241 e. The maximum Gasteiger partial charge on any atom is 0.241 e. The van der Waals surface area contributed by atoms with Crippen LogP contribution in [0.1, 0.15) is 20.3 Å². The molecule has 2 rings (SSSR count). The van der Waals surface area contributed by atoms with E-state index in [1.54, 1.807) is 0 Å². The molecule has 0 fully saturated rings. The molecule has 20 heavy (non-hydrogen) atoms. The van der Waals surface area contributed by atoms with Crippen molar-refractivity contribution in [2.45, 2.75) is 26.3 Å². The van der Waals surface area contributed by atoms with E-state index in [4.69, 9.17) is 5.73 Å². The zero-order valence-electron chi connectivity index (χ0n) is 11.9. The largest absolute Gasteiger partial charge is 0.325 e. The van der Waals surface area contributed by atoms with Crippen LogP contribution in [0.5, 0.6) is 0 Å². The van der Waals surface area contributed by atoms with Gasteiger partial charge in [-0.2, -0.15) is 0 Å². The Hall–Kier alpha value is -2.07. The van der Waals surface area contributed by atoms with Crippen LogP contribution in [-0.2, 0) is 4.79 Å². The van der Waals surface area contributed by atoms with Crippen molar-refractivity contribution in [3.8, 4) is 5.69 Å². The molecule has 0 aliphatic heterocycles. The molecule has 1 heterocycles. The number of nitrogens with one attached hydrogen (secondary N) is 1. The summed E-state index contributed by atoms with van der Waals surface area (Å²) in [6.45, 7) is 4.11. The van der Waals surface area contributed by atoms with Crippen molar-refractivity contribution >= 4 is 11.6 Å². The maximum atomic E-state index is 12.0. The predicted molar refractivity (Wildman–Crippen MR) is 81.8 cm³/mol. The molecule has 0 radical (unpaired) electrons. The fourth-order valence-electron chi connectivity index (χ4n) is 2.10. The first-order valence-electron chi connectivity index (χ1n) is 6.86. The number of nitrogens with zero attached hydrogens (tertiary/aromatic N) is 1. The minimum Gasteiger partial charge on any atom is -0.325 e. The quantitative estimate of drug-likeness (QED) is 0.878. The minimum atomic E-state index is -0.467. The third-order valence-electron chi connectivity index (χ3n) is 3.08. The van der Waals surface area contributed by atoms with Crippen molar-refractivity contribution in [3.05, 3.63) is 48.8 Å². The highest BCUT2D eigenvalue weighted by Gasteiger charge is 2.15.